The highest BCUT2D eigenvalue weighted by Crippen LogP contribution is 2.39. The van der Waals surface area contributed by atoms with Gasteiger partial charge in [0.05, 0.1) is 17.3 Å². The zero-order valence-electron chi connectivity index (χ0n) is 14.9. The fourth-order valence-corrected chi connectivity index (χ4v) is 3.85. The molecule has 2 N–H and O–H groups in total. The van der Waals surface area contributed by atoms with Crippen LogP contribution >= 0.6 is 0 Å². The summed E-state index contributed by atoms with van der Waals surface area (Å²) in [7, 11) is 0. The predicted molar refractivity (Wildman–Crippen MR) is 93.8 cm³/mol. The van der Waals surface area contributed by atoms with Gasteiger partial charge in [-0.05, 0) is 56.0 Å². The number of benzene rings is 1. The Morgan fingerprint density at radius 1 is 1.21 bits per heavy atom. The van der Waals surface area contributed by atoms with Gasteiger partial charge in [0.15, 0.2) is 5.69 Å². The molecule has 2 amide bonds. The van der Waals surface area contributed by atoms with Gasteiger partial charge in [0.1, 0.15) is 0 Å². The average molecular weight is 392 g/mol. The molecule has 1 atom stereocenters. The van der Waals surface area contributed by atoms with Crippen LogP contribution in [-0.2, 0) is 11.0 Å². The molecular formula is C19H19F3N4O2. The summed E-state index contributed by atoms with van der Waals surface area (Å²) in [5.74, 6) is -0.248. The fraction of sp³-hybridized carbons (Fsp3) is 0.421. The molecule has 6 nitrogen and oxygen atoms in total. The van der Waals surface area contributed by atoms with E-state index in [0.717, 1.165) is 30.0 Å². The van der Waals surface area contributed by atoms with Crippen LogP contribution in [0.15, 0.2) is 36.5 Å². The van der Waals surface area contributed by atoms with Gasteiger partial charge in [-0.2, -0.15) is 18.3 Å². The molecule has 0 bridgehead atoms. The molecular weight excluding hydrogens is 373 g/mol. The minimum atomic E-state index is -4.50. The van der Waals surface area contributed by atoms with Gasteiger partial charge in [-0.1, -0.05) is 0 Å². The number of nitrogens with zero attached hydrogens (tertiary/aromatic N) is 2. The van der Waals surface area contributed by atoms with Crippen molar-refractivity contribution < 1.29 is 22.8 Å². The third kappa shape index (κ3) is 3.36. The van der Waals surface area contributed by atoms with Gasteiger partial charge < -0.3 is 10.6 Å². The van der Waals surface area contributed by atoms with Crippen molar-refractivity contribution in [3.05, 3.63) is 47.8 Å². The molecule has 2 aromatic rings. The maximum Gasteiger partial charge on any atom is 0.435 e. The molecule has 2 fully saturated rings. The Kier molecular flexibility index (Phi) is 4.40. The summed E-state index contributed by atoms with van der Waals surface area (Å²) in [5, 5.41) is 9.55. The normalized spacial score (nSPS) is 21.1. The molecule has 4 rings (SSSR count). The number of alkyl halides is 3. The zero-order chi connectivity index (χ0) is 19.9. The summed E-state index contributed by atoms with van der Waals surface area (Å²) in [5.41, 5.74) is -0.487. The molecule has 1 spiro atoms. The van der Waals surface area contributed by atoms with Crippen molar-refractivity contribution in [1.29, 1.82) is 0 Å². The van der Waals surface area contributed by atoms with E-state index in [1.165, 1.54) is 6.20 Å². The van der Waals surface area contributed by atoms with Gasteiger partial charge in [-0.25, -0.2) is 4.68 Å². The summed E-state index contributed by atoms with van der Waals surface area (Å²) in [6.07, 6.45) is 0.425. The summed E-state index contributed by atoms with van der Waals surface area (Å²) in [6, 6.07) is 6.97. The number of halogens is 3. The fourth-order valence-electron chi connectivity index (χ4n) is 3.85. The average Bonchev–Trinajstić information content (AvgIpc) is 3.12. The molecule has 1 unspecified atom stereocenters. The molecule has 1 aliphatic heterocycles. The van der Waals surface area contributed by atoms with E-state index in [0.29, 0.717) is 24.1 Å². The van der Waals surface area contributed by atoms with Crippen LogP contribution in [-0.4, -0.2) is 33.2 Å². The van der Waals surface area contributed by atoms with Crippen molar-refractivity contribution in [3.63, 3.8) is 0 Å². The van der Waals surface area contributed by atoms with Crippen molar-refractivity contribution in [2.24, 2.45) is 0 Å². The Morgan fingerprint density at radius 3 is 2.50 bits per heavy atom. The highest BCUT2D eigenvalue weighted by atomic mass is 19.4. The van der Waals surface area contributed by atoms with Crippen LogP contribution in [0.1, 0.15) is 48.2 Å². The van der Waals surface area contributed by atoms with E-state index in [-0.39, 0.29) is 23.4 Å². The SMILES string of the molecule is O=C1CCC(NC(=O)c2ccc(-n3ccc(C(F)(F)F)n3)cc2)C2(CCC2)N1. The van der Waals surface area contributed by atoms with E-state index in [1.54, 1.807) is 24.3 Å². The lowest BCUT2D eigenvalue weighted by atomic mass is 9.68. The van der Waals surface area contributed by atoms with Gasteiger partial charge >= 0.3 is 6.18 Å². The molecule has 28 heavy (non-hydrogen) atoms. The third-order valence-corrected chi connectivity index (χ3v) is 5.54. The van der Waals surface area contributed by atoms with Crippen LogP contribution in [0.5, 0.6) is 0 Å². The Labute approximate surface area is 159 Å². The molecule has 1 saturated heterocycles. The zero-order valence-corrected chi connectivity index (χ0v) is 14.9. The molecule has 2 aliphatic rings. The Balaban J connectivity index is 1.46. The lowest BCUT2D eigenvalue weighted by Crippen LogP contribution is -2.68. The van der Waals surface area contributed by atoms with Gasteiger partial charge in [-0.15, -0.1) is 0 Å². The number of carbonyl (C=O) groups excluding carboxylic acids is 2. The first-order valence-corrected chi connectivity index (χ1v) is 9.12. The smallest absolute Gasteiger partial charge is 0.349 e. The molecule has 1 saturated carbocycles. The minimum Gasteiger partial charge on any atom is -0.349 e. The van der Waals surface area contributed by atoms with E-state index in [2.05, 4.69) is 15.7 Å². The van der Waals surface area contributed by atoms with Gasteiger partial charge in [0.2, 0.25) is 5.91 Å². The number of carbonyl (C=O) groups is 2. The summed E-state index contributed by atoms with van der Waals surface area (Å²) < 4.78 is 39.1. The predicted octanol–water partition coefficient (Wildman–Crippen LogP) is 2.82. The lowest BCUT2D eigenvalue weighted by molar-refractivity contribution is -0.141. The van der Waals surface area contributed by atoms with E-state index < -0.39 is 11.9 Å². The van der Waals surface area contributed by atoms with Crippen LogP contribution in [0.4, 0.5) is 13.2 Å². The maximum absolute atomic E-state index is 12.7. The third-order valence-electron chi connectivity index (χ3n) is 5.54. The van der Waals surface area contributed by atoms with Crippen LogP contribution < -0.4 is 10.6 Å². The van der Waals surface area contributed by atoms with Crippen LogP contribution in [0, 0.1) is 0 Å². The quantitative estimate of drug-likeness (QED) is 0.844. The van der Waals surface area contributed by atoms with Gasteiger partial charge in [-0.3, -0.25) is 9.59 Å². The van der Waals surface area contributed by atoms with Crippen molar-refractivity contribution in [3.8, 4) is 5.69 Å². The van der Waals surface area contributed by atoms with Crippen LogP contribution in [0.2, 0.25) is 0 Å². The maximum atomic E-state index is 12.7. The van der Waals surface area contributed by atoms with Crippen molar-refractivity contribution in [2.45, 2.75) is 49.9 Å². The monoisotopic (exact) mass is 392 g/mol. The minimum absolute atomic E-state index is 0.0204. The highest BCUT2D eigenvalue weighted by molar-refractivity contribution is 5.95. The highest BCUT2D eigenvalue weighted by Gasteiger charge is 2.48. The number of nitrogens with one attached hydrogen (secondary N) is 2. The summed E-state index contributed by atoms with van der Waals surface area (Å²) >= 11 is 0. The number of rotatable bonds is 3. The Bertz CT molecular complexity index is 901. The summed E-state index contributed by atoms with van der Waals surface area (Å²) in [6.45, 7) is 0. The molecule has 1 aromatic carbocycles. The number of amides is 2. The number of hydrogen-bond donors (Lipinski definition) is 2. The van der Waals surface area contributed by atoms with Gasteiger partial charge in [0.25, 0.3) is 5.91 Å². The number of piperidine rings is 1. The lowest BCUT2D eigenvalue weighted by Gasteiger charge is -2.50. The first-order chi connectivity index (χ1) is 13.3. The van der Waals surface area contributed by atoms with Crippen molar-refractivity contribution >= 4 is 11.8 Å². The molecule has 148 valence electrons. The van der Waals surface area contributed by atoms with E-state index >= 15 is 0 Å². The Hall–Kier alpha value is -2.84. The molecule has 1 aromatic heterocycles. The van der Waals surface area contributed by atoms with Crippen molar-refractivity contribution in [2.75, 3.05) is 0 Å². The first kappa shape index (κ1) is 18.5. The molecule has 9 heteroatoms. The second-order valence-corrected chi connectivity index (χ2v) is 7.31. The number of aromatic nitrogens is 2. The van der Waals surface area contributed by atoms with Gasteiger partial charge in [0, 0.05) is 18.2 Å². The molecule has 0 radical (unpaired) electrons. The second-order valence-electron chi connectivity index (χ2n) is 7.31. The molecule has 1 aliphatic carbocycles. The van der Waals surface area contributed by atoms with Crippen LogP contribution in [0.3, 0.4) is 0 Å². The number of hydrogen-bond acceptors (Lipinski definition) is 3. The topological polar surface area (TPSA) is 76.0 Å². The summed E-state index contributed by atoms with van der Waals surface area (Å²) in [4.78, 5) is 24.3. The standard InChI is InChI=1S/C19H19F3N4O2/c20-19(21,22)15-8-11-26(25-15)13-4-2-12(3-5-13)17(28)23-14-6-7-16(27)24-18(14)9-1-10-18/h2-5,8,11,14H,1,6-7,9-10H2,(H,23,28)(H,24,27). The van der Waals surface area contributed by atoms with E-state index in [4.69, 9.17) is 0 Å². The largest absolute Gasteiger partial charge is 0.435 e. The van der Waals surface area contributed by atoms with Crippen LogP contribution in [0.25, 0.3) is 5.69 Å². The Morgan fingerprint density at radius 2 is 1.93 bits per heavy atom. The van der Waals surface area contributed by atoms with Crippen molar-refractivity contribution in [1.82, 2.24) is 20.4 Å². The first-order valence-electron chi connectivity index (χ1n) is 9.12. The van der Waals surface area contributed by atoms with E-state index in [9.17, 15) is 22.8 Å². The van der Waals surface area contributed by atoms with E-state index in [1.807, 2.05) is 0 Å². The second kappa shape index (κ2) is 6.65. The molecule has 2 heterocycles.